The van der Waals surface area contributed by atoms with Crippen molar-refractivity contribution < 1.29 is 9.90 Å². The molecular weight excluding hydrogens is 230 g/mol. The first kappa shape index (κ1) is 12.0. The first-order valence-corrected chi connectivity index (χ1v) is 5.58. The maximum absolute atomic E-state index is 10.9. The molecule has 0 bridgehead atoms. The van der Waals surface area contributed by atoms with Crippen molar-refractivity contribution in [2.75, 3.05) is 11.9 Å². The fourth-order valence-electron chi connectivity index (χ4n) is 1.61. The Kier molecular flexibility index (Phi) is 3.86. The van der Waals surface area contributed by atoms with E-state index in [2.05, 4.69) is 15.3 Å². The molecule has 0 saturated carbocycles. The second-order valence-electron chi connectivity index (χ2n) is 3.74. The molecule has 0 unspecified atom stereocenters. The topological polar surface area (TPSA) is 75.1 Å². The largest absolute Gasteiger partial charge is 0.476 e. The van der Waals surface area contributed by atoms with Crippen LogP contribution in [0.4, 0.5) is 5.69 Å². The first-order chi connectivity index (χ1) is 8.77. The number of hydrogen-bond acceptors (Lipinski definition) is 4. The average molecular weight is 243 g/mol. The number of carboxylic acids is 1. The Bertz CT molecular complexity index is 529. The van der Waals surface area contributed by atoms with Gasteiger partial charge in [0.1, 0.15) is 0 Å². The maximum Gasteiger partial charge on any atom is 0.356 e. The minimum absolute atomic E-state index is 0.0451. The second-order valence-corrected chi connectivity index (χ2v) is 3.74. The summed E-state index contributed by atoms with van der Waals surface area (Å²) in [4.78, 5) is 18.8. The first-order valence-electron chi connectivity index (χ1n) is 5.58. The van der Waals surface area contributed by atoms with E-state index in [9.17, 15) is 4.79 Å². The molecule has 2 aromatic heterocycles. The number of carboxylic acid groups (broad SMARTS) is 1. The molecule has 0 aliphatic carbocycles. The van der Waals surface area contributed by atoms with Crippen molar-refractivity contribution in [1.82, 2.24) is 9.97 Å². The molecule has 18 heavy (non-hydrogen) atoms. The maximum atomic E-state index is 10.9. The molecule has 0 amide bonds. The summed E-state index contributed by atoms with van der Waals surface area (Å²) in [6.45, 7) is 0.637. The molecule has 2 N–H and O–H groups in total. The van der Waals surface area contributed by atoms with Gasteiger partial charge in [-0.25, -0.2) is 9.78 Å². The molecule has 2 heterocycles. The smallest absolute Gasteiger partial charge is 0.356 e. The Morgan fingerprint density at radius 2 is 2.11 bits per heavy atom. The molecule has 0 aromatic carbocycles. The van der Waals surface area contributed by atoms with E-state index in [1.165, 1.54) is 6.20 Å². The number of nitrogens with one attached hydrogen (secondary N) is 1. The van der Waals surface area contributed by atoms with Crippen LogP contribution in [0.25, 0.3) is 0 Å². The molecule has 0 fully saturated rings. The van der Waals surface area contributed by atoms with Gasteiger partial charge in [-0.3, -0.25) is 4.98 Å². The summed E-state index contributed by atoms with van der Waals surface area (Å²) in [6, 6.07) is 7.27. The molecule has 0 radical (unpaired) electrons. The zero-order valence-electron chi connectivity index (χ0n) is 9.71. The van der Waals surface area contributed by atoms with Crippen molar-refractivity contribution in [2.24, 2.45) is 0 Å². The zero-order valence-corrected chi connectivity index (χ0v) is 9.71. The third-order valence-electron chi connectivity index (χ3n) is 2.46. The summed E-state index contributed by atoms with van der Waals surface area (Å²) in [5.74, 6) is -1.03. The summed E-state index contributed by atoms with van der Waals surface area (Å²) in [7, 11) is 0. The number of aromatic nitrogens is 2. The van der Waals surface area contributed by atoms with Gasteiger partial charge in [0.25, 0.3) is 0 Å². The molecule has 2 aromatic rings. The highest BCUT2D eigenvalue weighted by atomic mass is 16.4. The molecule has 0 aliphatic heterocycles. The van der Waals surface area contributed by atoms with Crippen molar-refractivity contribution in [3.8, 4) is 0 Å². The number of carbonyl (C=O) groups is 1. The molecule has 0 atom stereocenters. The third-order valence-corrected chi connectivity index (χ3v) is 2.46. The Morgan fingerprint density at radius 1 is 1.28 bits per heavy atom. The molecular formula is C13H13N3O2. The summed E-state index contributed by atoms with van der Waals surface area (Å²) in [6.07, 6.45) is 5.77. The van der Waals surface area contributed by atoms with Crippen molar-refractivity contribution in [2.45, 2.75) is 6.42 Å². The summed E-state index contributed by atoms with van der Waals surface area (Å²) < 4.78 is 0. The highest BCUT2D eigenvalue weighted by Crippen LogP contribution is 2.11. The average Bonchev–Trinajstić information content (AvgIpc) is 2.40. The normalized spacial score (nSPS) is 10.0. The fraction of sp³-hybridized carbons (Fsp3) is 0.154. The summed E-state index contributed by atoms with van der Waals surface area (Å²) in [5, 5.41) is 12.0. The Balaban J connectivity index is 1.97. The third kappa shape index (κ3) is 3.04. The minimum Gasteiger partial charge on any atom is -0.476 e. The molecule has 5 nitrogen and oxygen atoms in total. The van der Waals surface area contributed by atoms with Gasteiger partial charge in [0.2, 0.25) is 0 Å². The van der Waals surface area contributed by atoms with Crippen LogP contribution in [0.1, 0.15) is 16.1 Å². The van der Waals surface area contributed by atoms with Crippen LogP contribution in [0.3, 0.4) is 0 Å². The van der Waals surface area contributed by atoms with E-state index < -0.39 is 5.97 Å². The van der Waals surface area contributed by atoms with Crippen LogP contribution >= 0.6 is 0 Å². The van der Waals surface area contributed by atoms with Crippen LogP contribution in [0.2, 0.25) is 0 Å². The SMILES string of the molecule is O=C(O)c1ncccc1NCCc1cccnc1. The number of hydrogen-bond donors (Lipinski definition) is 2. The molecule has 5 heteroatoms. The Hall–Kier alpha value is -2.43. The molecule has 2 rings (SSSR count). The number of aromatic carboxylic acids is 1. The van der Waals surface area contributed by atoms with Gasteiger partial charge in [-0.2, -0.15) is 0 Å². The van der Waals surface area contributed by atoms with Gasteiger partial charge in [-0.05, 0) is 30.2 Å². The van der Waals surface area contributed by atoms with Gasteiger partial charge in [-0.1, -0.05) is 6.07 Å². The lowest BCUT2D eigenvalue weighted by molar-refractivity contribution is 0.0691. The van der Waals surface area contributed by atoms with Crippen molar-refractivity contribution in [1.29, 1.82) is 0 Å². The Labute approximate surface area is 105 Å². The van der Waals surface area contributed by atoms with Crippen LogP contribution < -0.4 is 5.32 Å². The lowest BCUT2D eigenvalue weighted by Crippen LogP contribution is -2.10. The van der Waals surface area contributed by atoms with Gasteiger partial charge in [0, 0.05) is 25.1 Å². The van der Waals surface area contributed by atoms with Gasteiger partial charge < -0.3 is 10.4 Å². The lowest BCUT2D eigenvalue weighted by Gasteiger charge is -2.08. The number of nitrogens with zero attached hydrogens (tertiary/aromatic N) is 2. The van der Waals surface area contributed by atoms with Crippen LogP contribution in [-0.2, 0) is 6.42 Å². The number of anilines is 1. The van der Waals surface area contributed by atoms with E-state index in [-0.39, 0.29) is 5.69 Å². The predicted molar refractivity (Wildman–Crippen MR) is 67.6 cm³/mol. The van der Waals surface area contributed by atoms with Gasteiger partial charge >= 0.3 is 5.97 Å². The van der Waals surface area contributed by atoms with E-state index in [0.29, 0.717) is 12.2 Å². The van der Waals surface area contributed by atoms with E-state index in [1.807, 2.05) is 12.1 Å². The summed E-state index contributed by atoms with van der Waals surface area (Å²) in [5.41, 5.74) is 1.68. The highest BCUT2D eigenvalue weighted by Gasteiger charge is 2.09. The predicted octanol–water partition coefficient (Wildman–Crippen LogP) is 1.83. The van der Waals surface area contributed by atoms with Crippen LogP contribution in [0.15, 0.2) is 42.9 Å². The monoisotopic (exact) mass is 243 g/mol. The van der Waals surface area contributed by atoms with E-state index in [4.69, 9.17) is 5.11 Å². The van der Waals surface area contributed by atoms with Crippen molar-refractivity contribution in [3.63, 3.8) is 0 Å². The lowest BCUT2D eigenvalue weighted by atomic mass is 10.2. The minimum atomic E-state index is -1.03. The fourth-order valence-corrected chi connectivity index (χ4v) is 1.61. The van der Waals surface area contributed by atoms with E-state index in [1.54, 1.807) is 24.5 Å². The van der Waals surface area contributed by atoms with Crippen LogP contribution in [0.5, 0.6) is 0 Å². The molecule has 0 aliphatic rings. The van der Waals surface area contributed by atoms with Gasteiger partial charge in [0.05, 0.1) is 5.69 Å². The zero-order chi connectivity index (χ0) is 12.8. The Morgan fingerprint density at radius 3 is 2.83 bits per heavy atom. The molecule has 92 valence electrons. The van der Waals surface area contributed by atoms with Crippen molar-refractivity contribution >= 4 is 11.7 Å². The van der Waals surface area contributed by atoms with E-state index >= 15 is 0 Å². The number of rotatable bonds is 5. The standard InChI is InChI=1S/C13H13N3O2/c17-13(18)12-11(4-2-7-16-12)15-8-5-10-3-1-6-14-9-10/h1-4,6-7,9,15H,5,8H2,(H,17,18). The quantitative estimate of drug-likeness (QED) is 0.838. The van der Waals surface area contributed by atoms with E-state index in [0.717, 1.165) is 12.0 Å². The highest BCUT2D eigenvalue weighted by molar-refractivity contribution is 5.91. The summed E-state index contributed by atoms with van der Waals surface area (Å²) >= 11 is 0. The van der Waals surface area contributed by atoms with Crippen LogP contribution in [0, 0.1) is 0 Å². The molecule has 0 spiro atoms. The van der Waals surface area contributed by atoms with Gasteiger partial charge in [0.15, 0.2) is 5.69 Å². The number of pyridine rings is 2. The van der Waals surface area contributed by atoms with Gasteiger partial charge in [-0.15, -0.1) is 0 Å². The van der Waals surface area contributed by atoms with Crippen LogP contribution in [-0.4, -0.2) is 27.6 Å². The van der Waals surface area contributed by atoms with Crippen molar-refractivity contribution in [3.05, 3.63) is 54.1 Å². The second kappa shape index (κ2) is 5.77. The molecule has 0 saturated heterocycles.